The van der Waals surface area contributed by atoms with Gasteiger partial charge in [-0.05, 0) is 11.6 Å². The molecule has 0 N–H and O–H groups in total. The number of sulfone groups is 1. The van der Waals surface area contributed by atoms with Crippen LogP contribution < -0.4 is 5.30 Å². The van der Waals surface area contributed by atoms with Crippen LogP contribution in [0.2, 0.25) is 0 Å². The lowest BCUT2D eigenvalue weighted by Crippen LogP contribution is -2.14. The van der Waals surface area contributed by atoms with Crippen molar-refractivity contribution in [1.82, 2.24) is 0 Å². The molecule has 1 atom stereocenters. The molecule has 1 unspecified atom stereocenters. The highest BCUT2D eigenvalue weighted by Crippen LogP contribution is 2.12. The number of hydrogen-bond acceptors (Lipinski definition) is 2. The van der Waals surface area contributed by atoms with Gasteiger partial charge in [-0.1, -0.05) is 6.92 Å². The molecule has 2 nitrogen and oxygen atoms in total. The zero-order valence-electron chi connectivity index (χ0n) is 8.13. The van der Waals surface area contributed by atoms with Crippen LogP contribution in [0.4, 0.5) is 8.78 Å². The van der Waals surface area contributed by atoms with E-state index in [1.54, 1.807) is 0 Å². The minimum atomic E-state index is -3.28. The van der Waals surface area contributed by atoms with Crippen molar-refractivity contribution in [2.24, 2.45) is 0 Å². The van der Waals surface area contributed by atoms with Crippen LogP contribution in [0, 0.1) is 11.6 Å². The summed E-state index contributed by atoms with van der Waals surface area (Å²) in [6, 6.07) is 1.77. The molecule has 0 radical (unpaired) electrons. The minimum absolute atomic E-state index is 0.0464. The van der Waals surface area contributed by atoms with Crippen LogP contribution in [0.15, 0.2) is 12.1 Å². The van der Waals surface area contributed by atoms with E-state index in [2.05, 4.69) is 9.24 Å². The highest BCUT2D eigenvalue weighted by molar-refractivity contribution is 7.90. The Kier molecular flexibility index (Phi) is 3.79. The molecule has 0 aliphatic heterocycles. The maximum Gasteiger partial charge on any atom is 0.154 e. The summed E-state index contributed by atoms with van der Waals surface area (Å²) < 4.78 is 48.5. The summed E-state index contributed by atoms with van der Waals surface area (Å²) in [7, 11) is -1.19. The van der Waals surface area contributed by atoms with Crippen LogP contribution in [-0.2, 0) is 15.6 Å². The van der Waals surface area contributed by atoms with Gasteiger partial charge in [-0.3, -0.25) is 0 Å². The molecule has 1 aromatic rings. The normalized spacial score (nSPS) is 11.7. The van der Waals surface area contributed by atoms with Gasteiger partial charge in [0.2, 0.25) is 0 Å². The van der Waals surface area contributed by atoms with E-state index in [0.29, 0.717) is 0 Å². The molecule has 0 amide bonds. The van der Waals surface area contributed by atoms with Gasteiger partial charge in [0.15, 0.2) is 9.84 Å². The Morgan fingerprint density at radius 2 is 1.93 bits per heavy atom. The fourth-order valence-corrected chi connectivity index (χ4v) is 2.43. The SMILES string of the molecule is CCS(=O)(=O)Cc1cc(F)cc(F)c1P. The van der Waals surface area contributed by atoms with Crippen molar-refractivity contribution in [3.63, 3.8) is 0 Å². The van der Waals surface area contributed by atoms with Gasteiger partial charge in [0.25, 0.3) is 0 Å². The monoisotopic (exact) mass is 252 g/mol. The third-order valence-corrected chi connectivity index (χ3v) is 4.27. The van der Waals surface area contributed by atoms with E-state index in [1.807, 2.05) is 0 Å². The van der Waals surface area contributed by atoms with Crippen molar-refractivity contribution < 1.29 is 17.2 Å². The van der Waals surface area contributed by atoms with E-state index in [9.17, 15) is 17.2 Å². The maximum atomic E-state index is 13.1. The van der Waals surface area contributed by atoms with Gasteiger partial charge in [0.1, 0.15) is 11.6 Å². The van der Waals surface area contributed by atoms with Crippen molar-refractivity contribution >= 4 is 24.4 Å². The van der Waals surface area contributed by atoms with Crippen molar-refractivity contribution in [3.05, 3.63) is 29.3 Å². The summed E-state index contributed by atoms with van der Waals surface area (Å²) in [5.74, 6) is -1.90. The Morgan fingerprint density at radius 1 is 1.33 bits per heavy atom. The smallest absolute Gasteiger partial charge is 0.154 e. The molecular formula is C9H11F2O2PS. The first-order valence-electron chi connectivity index (χ1n) is 4.29. The van der Waals surface area contributed by atoms with Gasteiger partial charge in [-0.25, -0.2) is 17.2 Å². The van der Waals surface area contributed by atoms with E-state index < -0.39 is 21.5 Å². The number of benzene rings is 1. The van der Waals surface area contributed by atoms with E-state index >= 15 is 0 Å². The average molecular weight is 252 g/mol. The Balaban J connectivity index is 3.16. The number of halogens is 2. The fourth-order valence-electron chi connectivity index (χ4n) is 1.10. The molecule has 6 heteroatoms. The molecular weight excluding hydrogens is 241 g/mol. The van der Waals surface area contributed by atoms with Gasteiger partial charge >= 0.3 is 0 Å². The summed E-state index contributed by atoms with van der Waals surface area (Å²) >= 11 is 0. The highest BCUT2D eigenvalue weighted by Gasteiger charge is 2.14. The van der Waals surface area contributed by atoms with E-state index in [4.69, 9.17) is 0 Å². The summed E-state index contributed by atoms with van der Waals surface area (Å²) in [6.45, 7) is 1.49. The van der Waals surface area contributed by atoms with Crippen LogP contribution >= 0.6 is 9.24 Å². The lowest BCUT2D eigenvalue weighted by atomic mass is 10.2. The predicted octanol–water partition coefficient (Wildman–Crippen LogP) is 1.40. The first-order valence-corrected chi connectivity index (χ1v) is 6.69. The molecule has 0 spiro atoms. The zero-order chi connectivity index (χ0) is 11.6. The second-order valence-electron chi connectivity index (χ2n) is 3.14. The Bertz CT molecular complexity index is 471. The molecule has 84 valence electrons. The van der Waals surface area contributed by atoms with Crippen molar-refractivity contribution in [2.45, 2.75) is 12.7 Å². The van der Waals surface area contributed by atoms with Crippen molar-refractivity contribution in [1.29, 1.82) is 0 Å². The summed E-state index contributed by atoms with van der Waals surface area (Å²) in [6.07, 6.45) is 0. The molecule has 0 aliphatic carbocycles. The maximum absolute atomic E-state index is 13.1. The molecule has 0 fully saturated rings. The van der Waals surface area contributed by atoms with Gasteiger partial charge in [0.05, 0.1) is 5.75 Å². The van der Waals surface area contributed by atoms with Crippen molar-refractivity contribution in [3.8, 4) is 0 Å². The molecule has 0 aliphatic rings. The predicted molar refractivity (Wildman–Crippen MR) is 58.9 cm³/mol. The Morgan fingerprint density at radius 3 is 2.47 bits per heavy atom. The largest absolute Gasteiger partial charge is 0.229 e. The van der Waals surface area contributed by atoms with Crippen LogP contribution in [0.1, 0.15) is 12.5 Å². The Hall–Kier alpha value is -0.540. The van der Waals surface area contributed by atoms with Crippen molar-refractivity contribution in [2.75, 3.05) is 5.75 Å². The molecule has 0 aromatic heterocycles. The molecule has 0 saturated heterocycles. The zero-order valence-corrected chi connectivity index (χ0v) is 10.1. The molecule has 15 heavy (non-hydrogen) atoms. The van der Waals surface area contributed by atoms with Crippen LogP contribution in [-0.4, -0.2) is 14.2 Å². The first-order chi connectivity index (χ1) is 6.85. The second kappa shape index (κ2) is 4.54. The highest BCUT2D eigenvalue weighted by atomic mass is 32.2. The van der Waals surface area contributed by atoms with E-state index in [1.165, 1.54) is 6.92 Å². The van der Waals surface area contributed by atoms with Crippen LogP contribution in [0.25, 0.3) is 0 Å². The van der Waals surface area contributed by atoms with Gasteiger partial charge in [0, 0.05) is 17.1 Å². The first kappa shape index (κ1) is 12.5. The van der Waals surface area contributed by atoms with E-state index in [-0.39, 0.29) is 22.4 Å². The van der Waals surface area contributed by atoms with Gasteiger partial charge in [-0.15, -0.1) is 9.24 Å². The minimum Gasteiger partial charge on any atom is -0.229 e. The number of hydrogen-bond donors (Lipinski definition) is 0. The second-order valence-corrected chi connectivity index (χ2v) is 6.07. The summed E-state index contributed by atoms with van der Waals surface area (Å²) in [5.41, 5.74) is 0.152. The third kappa shape index (κ3) is 3.21. The standard InChI is InChI=1S/C9H11F2O2PS/c1-2-15(12,13)5-6-3-7(10)4-8(11)9(6)14/h3-4H,2,5,14H2,1H3. The molecule has 0 heterocycles. The molecule has 0 saturated carbocycles. The molecule has 1 rings (SSSR count). The van der Waals surface area contributed by atoms with Crippen LogP contribution in [0.5, 0.6) is 0 Å². The third-order valence-electron chi connectivity index (χ3n) is 2.00. The fraction of sp³-hybridized carbons (Fsp3) is 0.333. The average Bonchev–Trinajstić information content (AvgIpc) is 2.13. The summed E-state index contributed by atoms with van der Waals surface area (Å²) in [5, 5.41) is 0.105. The van der Waals surface area contributed by atoms with Gasteiger partial charge in [-0.2, -0.15) is 0 Å². The lowest BCUT2D eigenvalue weighted by molar-refractivity contribution is 0.584. The number of rotatable bonds is 3. The summed E-state index contributed by atoms with van der Waals surface area (Å²) in [4.78, 5) is 0. The van der Waals surface area contributed by atoms with E-state index in [0.717, 1.165) is 12.1 Å². The molecule has 0 bridgehead atoms. The van der Waals surface area contributed by atoms with Crippen LogP contribution in [0.3, 0.4) is 0 Å². The molecule has 1 aromatic carbocycles. The topological polar surface area (TPSA) is 34.1 Å². The van der Waals surface area contributed by atoms with Gasteiger partial charge < -0.3 is 0 Å². The lowest BCUT2D eigenvalue weighted by Gasteiger charge is -2.06. The quantitative estimate of drug-likeness (QED) is 0.762. The Labute approximate surface area is 89.8 Å².